The molecule has 0 saturated carbocycles. The van der Waals surface area contributed by atoms with Gasteiger partial charge in [0.2, 0.25) is 5.95 Å². The maximum absolute atomic E-state index is 13.0. The molecule has 0 radical (unpaired) electrons. The van der Waals surface area contributed by atoms with Gasteiger partial charge in [-0.1, -0.05) is 23.7 Å². The van der Waals surface area contributed by atoms with Crippen molar-refractivity contribution in [1.82, 2.24) is 9.97 Å². The summed E-state index contributed by atoms with van der Waals surface area (Å²) in [5.74, 6) is -0.915. The maximum atomic E-state index is 13.0. The molecule has 3 N–H and O–H groups in total. The zero-order valence-corrected chi connectivity index (χ0v) is 16.8. The Hall–Kier alpha value is -3.43. The summed E-state index contributed by atoms with van der Waals surface area (Å²) < 4.78 is 40.7. The molecule has 0 fully saturated rings. The van der Waals surface area contributed by atoms with Crippen LogP contribution in [0.2, 0.25) is 5.02 Å². The lowest BCUT2D eigenvalue weighted by atomic mass is 10.2. The molecule has 0 aliphatic carbocycles. The lowest BCUT2D eigenvalue weighted by Crippen LogP contribution is -2.17. The molecule has 0 aliphatic heterocycles. The van der Waals surface area contributed by atoms with Crippen LogP contribution in [0, 0.1) is 5.82 Å². The second-order valence-electron chi connectivity index (χ2n) is 6.31. The third kappa shape index (κ3) is 4.12. The molecule has 152 valence electrons. The van der Waals surface area contributed by atoms with Crippen LogP contribution in [0.1, 0.15) is 10.4 Å². The van der Waals surface area contributed by atoms with Crippen molar-refractivity contribution in [3.63, 3.8) is 0 Å². The normalized spacial score (nSPS) is 11.4. The van der Waals surface area contributed by atoms with E-state index in [9.17, 15) is 17.6 Å². The van der Waals surface area contributed by atoms with E-state index in [0.717, 1.165) is 23.7 Å². The highest BCUT2D eigenvalue weighted by Gasteiger charge is 2.20. The molecular formula is C20H14ClFN4O3S. The number of hydrogen-bond acceptors (Lipinski definition) is 4. The molecule has 0 unspecified atom stereocenters. The number of carbonyl (C=O) groups is 1. The van der Waals surface area contributed by atoms with Crippen molar-refractivity contribution in [2.75, 3.05) is 10.0 Å². The van der Waals surface area contributed by atoms with Gasteiger partial charge in [0.15, 0.2) is 0 Å². The standard InChI is InChI=1S/C20H14ClFN4O3S/c21-16-10-9-14(30(28,29)26-13-7-5-12(22)6-8-13)11-15(16)19(27)25-20-23-17-3-1-2-4-18(17)24-20/h1-11,26H,(H2,23,24,25,27). The van der Waals surface area contributed by atoms with E-state index in [2.05, 4.69) is 20.0 Å². The van der Waals surface area contributed by atoms with Gasteiger partial charge in [-0.2, -0.15) is 0 Å². The third-order valence-electron chi connectivity index (χ3n) is 4.21. The lowest BCUT2D eigenvalue weighted by Gasteiger charge is -2.10. The van der Waals surface area contributed by atoms with Crippen LogP contribution in [0.25, 0.3) is 11.0 Å². The zero-order chi connectivity index (χ0) is 21.3. The number of fused-ring (bicyclic) bond motifs is 1. The van der Waals surface area contributed by atoms with E-state index in [1.165, 1.54) is 24.3 Å². The Morgan fingerprint density at radius 1 is 1.03 bits per heavy atom. The molecular weight excluding hydrogens is 431 g/mol. The number of aromatic amines is 1. The second-order valence-corrected chi connectivity index (χ2v) is 8.40. The van der Waals surface area contributed by atoms with Crippen LogP contribution in [0.15, 0.2) is 71.6 Å². The van der Waals surface area contributed by atoms with Crippen LogP contribution in [0.3, 0.4) is 0 Å². The fraction of sp³-hybridized carbons (Fsp3) is 0. The molecule has 0 bridgehead atoms. The molecule has 0 aliphatic rings. The van der Waals surface area contributed by atoms with Gasteiger partial charge in [0.05, 0.1) is 26.5 Å². The van der Waals surface area contributed by atoms with Crippen LogP contribution < -0.4 is 10.0 Å². The monoisotopic (exact) mass is 444 g/mol. The van der Waals surface area contributed by atoms with Crippen molar-refractivity contribution in [2.45, 2.75) is 4.90 Å². The minimum atomic E-state index is -4.03. The first-order valence-electron chi connectivity index (χ1n) is 8.66. The predicted octanol–water partition coefficient (Wildman–Crippen LogP) is 4.41. The van der Waals surface area contributed by atoms with Crippen molar-refractivity contribution in [3.8, 4) is 0 Å². The number of anilines is 2. The number of rotatable bonds is 5. The highest BCUT2D eigenvalue weighted by molar-refractivity contribution is 7.92. The molecule has 4 aromatic rings. The van der Waals surface area contributed by atoms with E-state index in [1.54, 1.807) is 12.1 Å². The first kappa shape index (κ1) is 19.9. The smallest absolute Gasteiger partial charge is 0.261 e. The van der Waals surface area contributed by atoms with E-state index in [0.29, 0.717) is 5.52 Å². The number of halogens is 2. The summed E-state index contributed by atoms with van der Waals surface area (Å²) >= 11 is 6.12. The van der Waals surface area contributed by atoms with Gasteiger partial charge >= 0.3 is 0 Å². The van der Waals surface area contributed by atoms with Crippen molar-refractivity contribution in [2.24, 2.45) is 0 Å². The minimum Gasteiger partial charge on any atom is -0.324 e. The molecule has 1 heterocycles. The van der Waals surface area contributed by atoms with Gasteiger partial charge in [0.25, 0.3) is 15.9 Å². The fourth-order valence-electron chi connectivity index (χ4n) is 2.76. The van der Waals surface area contributed by atoms with Gasteiger partial charge < -0.3 is 4.98 Å². The number of sulfonamides is 1. The molecule has 0 atom stereocenters. The van der Waals surface area contributed by atoms with E-state index in [4.69, 9.17) is 11.6 Å². The molecule has 1 amide bonds. The number of imidazole rings is 1. The Morgan fingerprint density at radius 3 is 2.50 bits per heavy atom. The maximum Gasteiger partial charge on any atom is 0.261 e. The number of nitrogens with one attached hydrogen (secondary N) is 3. The molecule has 0 saturated heterocycles. The molecule has 0 spiro atoms. The number of para-hydroxylation sites is 2. The van der Waals surface area contributed by atoms with Gasteiger partial charge in [0.1, 0.15) is 5.82 Å². The van der Waals surface area contributed by atoms with Gasteiger partial charge in [-0.3, -0.25) is 14.8 Å². The first-order valence-corrected chi connectivity index (χ1v) is 10.5. The largest absolute Gasteiger partial charge is 0.324 e. The molecule has 3 aromatic carbocycles. The Kier molecular flexibility index (Phi) is 5.15. The summed E-state index contributed by atoms with van der Waals surface area (Å²) in [6.07, 6.45) is 0. The lowest BCUT2D eigenvalue weighted by molar-refractivity contribution is 0.102. The van der Waals surface area contributed by atoms with Crippen LogP contribution >= 0.6 is 11.6 Å². The Labute approximate surface area is 176 Å². The predicted molar refractivity (Wildman–Crippen MR) is 113 cm³/mol. The van der Waals surface area contributed by atoms with Crippen LogP contribution in [0.4, 0.5) is 16.0 Å². The number of nitrogens with zero attached hydrogens (tertiary/aromatic N) is 1. The number of H-pyrrole nitrogens is 1. The number of amides is 1. The summed E-state index contributed by atoms with van der Waals surface area (Å²) in [7, 11) is -4.03. The third-order valence-corrected chi connectivity index (χ3v) is 5.92. The molecule has 7 nitrogen and oxygen atoms in total. The summed E-state index contributed by atoms with van der Waals surface area (Å²) in [6, 6.07) is 15.8. The van der Waals surface area contributed by atoms with Crippen molar-refractivity contribution >= 4 is 50.2 Å². The van der Waals surface area contributed by atoms with Gasteiger partial charge in [0, 0.05) is 5.69 Å². The second kappa shape index (κ2) is 7.77. The molecule has 30 heavy (non-hydrogen) atoms. The van der Waals surface area contributed by atoms with E-state index in [-0.39, 0.29) is 27.1 Å². The molecule has 4 rings (SSSR count). The molecule has 1 aromatic heterocycles. The topological polar surface area (TPSA) is 104 Å². The summed E-state index contributed by atoms with van der Waals surface area (Å²) in [6.45, 7) is 0. The Morgan fingerprint density at radius 2 is 1.77 bits per heavy atom. The van der Waals surface area contributed by atoms with E-state index in [1.807, 2.05) is 12.1 Å². The average molecular weight is 445 g/mol. The van der Waals surface area contributed by atoms with E-state index >= 15 is 0 Å². The van der Waals surface area contributed by atoms with Gasteiger partial charge in [-0.15, -0.1) is 0 Å². The number of carbonyl (C=O) groups excluding carboxylic acids is 1. The minimum absolute atomic E-state index is 0.0425. The Bertz CT molecular complexity index is 1320. The van der Waals surface area contributed by atoms with Crippen LogP contribution in [-0.2, 0) is 10.0 Å². The van der Waals surface area contributed by atoms with Crippen LogP contribution in [-0.4, -0.2) is 24.3 Å². The number of benzene rings is 3. The van der Waals surface area contributed by atoms with Gasteiger partial charge in [-0.25, -0.2) is 17.8 Å². The van der Waals surface area contributed by atoms with Crippen LogP contribution in [0.5, 0.6) is 0 Å². The van der Waals surface area contributed by atoms with Crippen molar-refractivity contribution in [1.29, 1.82) is 0 Å². The summed E-state index contributed by atoms with van der Waals surface area (Å²) in [5, 5.41) is 2.65. The highest BCUT2D eigenvalue weighted by Crippen LogP contribution is 2.24. The zero-order valence-electron chi connectivity index (χ0n) is 15.2. The van der Waals surface area contributed by atoms with Crippen molar-refractivity contribution in [3.05, 3.63) is 83.1 Å². The summed E-state index contributed by atoms with van der Waals surface area (Å²) in [5.41, 5.74) is 1.54. The van der Waals surface area contributed by atoms with E-state index < -0.39 is 21.7 Å². The molecule has 10 heteroatoms. The summed E-state index contributed by atoms with van der Waals surface area (Å²) in [4.78, 5) is 19.7. The average Bonchev–Trinajstić information content (AvgIpc) is 3.12. The van der Waals surface area contributed by atoms with Crippen molar-refractivity contribution < 1.29 is 17.6 Å². The number of aromatic nitrogens is 2. The number of hydrogen-bond donors (Lipinski definition) is 3. The van der Waals surface area contributed by atoms with Gasteiger partial charge in [-0.05, 0) is 54.6 Å². The fourth-order valence-corrected chi connectivity index (χ4v) is 4.05. The quantitative estimate of drug-likeness (QED) is 0.424. The Balaban J connectivity index is 1.60. The highest BCUT2D eigenvalue weighted by atomic mass is 35.5. The first-order chi connectivity index (χ1) is 14.3. The SMILES string of the molecule is O=C(Nc1nc2ccccc2[nH]1)c1cc(S(=O)(=O)Nc2ccc(F)cc2)ccc1Cl.